The lowest BCUT2D eigenvalue weighted by molar-refractivity contribution is 0.158. The van der Waals surface area contributed by atoms with Crippen LogP contribution in [0.1, 0.15) is 16.7 Å². The molecule has 0 saturated carbocycles. The highest BCUT2D eigenvalue weighted by atomic mass is 16.2. The van der Waals surface area contributed by atoms with E-state index in [1.165, 1.54) is 5.56 Å². The van der Waals surface area contributed by atoms with Crippen LogP contribution in [0, 0.1) is 0 Å². The Morgan fingerprint density at radius 1 is 0.808 bits per heavy atom. The molecule has 0 fully saturated rings. The van der Waals surface area contributed by atoms with E-state index < -0.39 is 5.54 Å². The van der Waals surface area contributed by atoms with Gasteiger partial charge in [0.2, 0.25) is 0 Å². The fourth-order valence-corrected chi connectivity index (χ4v) is 3.54. The second-order valence-electron chi connectivity index (χ2n) is 6.37. The maximum atomic E-state index is 12.7. The SMILES string of the molecule is CNC(=O)N(C)C(Cc1ccccc1)(c1ccccc1)c1ccccc1. The minimum absolute atomic E-state index is 0.117. The highest BCUT2D eigenvalue weighted by Gasteiger charge is 2.40. The molecule has 0 aliphatic heterocycles. The van der Waals surface area contributed by atoms with Crippen LogP contribution in [0.25, 0.3) is 0 Å². The van der Waals surface area contributed by atoms with Gasteiger partial charge in [0.1, 0.15) is 0 Å². The smallest absolute Gasteiger partial charge is 0.317 e. The molecule has 3 aromatic rings. The van der Waals surface area contributed by atoms with Crippen molar-refractivity contribution in [3.8, 4) is 0 Å². The molecule has 26 heavy (non-hydrogen) atoms. The Morgan fingerprint density at radius 2 is 1.23 bits per heavy atom. The molecule has 0 saturated heterocycles. The Kier molecular flexibility index (Phi) is 5.37. The fraction of sp³-hybridized carbons (Fsp3) is 0.174. The minimum Gasteiger partial charge on any atom is -0.341 e. The number of benzene rings is 3. The van der Waals surface area contributed by atoms with Crippen molar-refractivity contribution < 1.29 is 4.79 Å². The lowest BCUT2D eigenvalue weighted by atomic mass is 9.77. The number of carbonyl (C=O) groups excluding carboxylic acids is 1. The van der Waals surface area contributed by atoms with Crippen LogP contribution in [-0.2, 0) is 12.0 Å². The maximum Gasteiger partial charge on any atom is 0.317 e. The molecule has 3 heteroatoms. The number of hydrogen-bond acceptors (Lipinski definition) is 1. The standard InChI is InChI=1S/C23H24N2O/c1-24-22(26)25(2)23(20-14-8-4-9-15-20,21-16-10-5-11-17-21)18-19-12-6-3-7-13-19/h3-17H,18H2,1-2H3,(H,24,26). The van der Waals surface area contributed by atoms with Crippen LogP contribution in [0.3, 0.4) is 0 Å². The predicted octanol–water partition coefficient (Wildman–Crippen LogP) is 4.44. The Labute approximate surface area is 155 Å². The van der Waals surface area contributed by atoms with E-state index in [-0.39, 0.29) is 6.03 Å². The molecule has 132 valence electrons. The first-order chi connectivity index (χ1) is 12.7. The van der Waals surface area contributed by atoms with Gasteiger partial charge in [0, 0.05) is 20.5 Å². The Balaban J connectivity index is 2.25. The van der Waals surface area contributed by atoms with Crippen molar-refractivity contribution in [2.45, 2.75) is 12.0 Å². The summed E-state index contributed by atoms with van der Waals surface area (Å²) >= 11 is 0. The molecular formula is C23H24N2O. The second kappa shape index (κ2) is 7.87. The molecule has 0 radical (unpaired) electrons. The summed E-state index contributed by atoms with van der Waals surface area (Å²) in [5, 5.41) is 2.78. The van der Waals surface area contributed by atoms with Crippen molar-refractivity contribution in [2.24, 2.45) is 0 Å². The Bertz CT molecular complexity index is 792. The van der Waals surface area contributed by atoms with Crippen LogP contribution in [0.5, 0.6) is 0 Å². The molecule has 0 unspecified atom stereocenters. The van der Waals surface area contributed by atoms with Crippen molar-refractivity contribution >= 4 is 6.03 Å². The van der Waals surface area contributed by atoms with E-state index in [2.05, 4.69) is 41.7 Å². The number of nitrogens with zero attached hydrogens (tertiary/aromatic N) is 1. The van der Waals surface area contributed by atoms with Gasteiger partial charge in [0.25, 0.3) is 0 Å². The summed E-state index contributed by atoms with van der Waals surface area (Å²) in [7, 11) is 3.53. The number of urea groups is 1. The molecule has 3 rings (SSSR count). The summed E-state index contributed by atoms with van der Waals surface area (Å²) in [6.07, 6.45) is 0.686. The van der Waals surface area contributed by atoms with Gasteiger partial charge >= 0.3 is 6.03 Å². The summed E-state index contributed by atoms with van der Waals surface area (Å²) in [4.78, 5) is 14.5. The molecule has 0 atom stereocenters. The number of nitrogens with one attached hydrogen (secondary N) is 1. The van der Waals surface area contributed by atoms with Crippen molar-refractivity contribution in [1.29, 1.82) is 0 Å². The number of hydrogen-bond donors (Lipinski definition) is 1. The van der Waals surface area contributed by atoms with Crippen molar-refractivity contribution in [3.05, 3.63) is 108 Å². The number of amides is 2. The van der Waals surface area contributed by atoms with Crippen LogP contribution in [0.15, 0.2) is 91.0 Å². The van der Waals surface area contributed by atoms with Crippen molar-refractivity contribution in [1.82, 2.24) is 10.2 Å². The first-order valence-corrected chi connectivity index (χ1v) is 8.79. The first-order valence-electron chi connectivity index (χ1n) is 8.79. The zero-order valence-corrected chi connectivity index (χ0v) is 15.2. The van der Waals surface area contributed by atoms with E-state index in [1.807, 2.05) is 66.5 Å². The largest absolute Gasteiger partial charge is 0.341 e. The molecule has 0 bridgehead atoms. The van der Waals surface area contributed by atoms with Crippen LogP contribution >= 0.6 is 0 Å². The Morgan fingerprint density at radius 3 is 1.65 bits per heavy atom. The van der Waals surface area contributed by atoms with Gasteiger partial charge in [-0.3, -0.25) is 0 Å². The van der Waals surface area contributed by atoms with Crippen molar-refractivity contribution in [3.63, 3.8) is 0 Å². The molecular weight excluding hydrogens is 320 g/mol. The number of rotatable bonds is 5. The van der Waals surface area contributed by atoms with E-state index in [0.717, 1.165) is 11.1 Å². The molecule has 0 aliphatic carbocycles. The minimum atomic E-state index is -0.607. The molecule has 3 aromatic carbocycles. The van der Waals surface area contributed by atoms with Gasteiger partial charge in [-0.15, -0.1) is 0 Å². The average Bonchev–Trinajstić information content (AvgIpc) is 2.73. The quantitative estimate of drug-likeness (QED) is 0.729. The van der Waals surface area contributed by atoms with Crippen LogP contribution in [0.4, 0.5) is 4.79 Å². The highest BCUT2D eigenvalue weighted by molar-refractivity contribution is 5.75. The lowest BCUT2D eigenvalue weighted by Crippen LogP contribution is -2.52. The van der Waals surface area contributed by atoms with Gasteiger partial charge in [0.15, 0.2) is 0 Å². The lowest BCUT2D eigenvalue weighted by Gasteiger charge is -2.43. The molecule has 2 amide bonds. The van der Waals surface area contributed by atoms with Gasteiger partial charge < -0.3 is 10.2 Å². The highest BCUT2D eigenvalue weighted by Crippen LogP contribution is 2.38. The zero-order chi connectivity index (χ0) is 18.4. The van der Waals surface area contributed by atoms with Gasteiger partial charge in [-0.2, -0.15) is 0 Å². The molecule has 1 N–H and O–H groups in total. The average molecular weight is 344 g/mol. The maximum absolute atomic E-state index is 12.7. The van der Waals surface area contributed by atoms with Gasteiger partial charge in [-0.25, -0.2) is 4.79 Å². The topological polar surface area (TPSA) is 32.3 Å². The van der Waals surface area contributed by atoms with Gasteiger partial charge in [0.05, 0.1) is 5.54 Å². The number of likely N-dealkylation sites (N-methyl/N-ethyl adjacent to an activating group) is 1. The van der Waals surface area contributed by atoms with Gasteiger partial charge in [-0.05, 0) is 16.7 Å². The third kappa shape index (κ3) is 3.33. The molecule has 0 spiro atoms. The summed E-state index contributed by atoms with van der Waals surface area (Å²) in [5.41, 5.74) is 2.74. The van der Waals surface area contributed by atoms with Crippen molar-refractivity contribution in [2.75, 3.05) is 14.1 Å². The molecule has 0 aliphatic rings. The van der Waals surface area contributed by atoms with Gasteiger partial charge in [-0.1, -0.05) is 91.0 Å². The van der Waals surface area contributed by atoms with E-state index >= 15 is 0 Å². The zero-order valence-electron chi connectivity index (χ0n) is 15.2. The summed E-state index contributed by atoms with van der Waals surface area (Å²) in [6.45, 7) is 0. The van der Waals surface area contributed by atoms with Crippen LogP contribution in [-0.4, -0.2) is 25.0 Å². The first kappa shape index (κ1) is 17.7. The van der Waals surface area contributed by atoms with E-state index in [0.29, 0.717) is 6.42 Å². The molecule has 0 heterocycles. The predicted molar refractivity (Wildman–Crippen MR) is 106 cm³/mol. The monoisotopic (exact) mass is 344 g/mol. The molecule has 0 aromatic heterocycles. The normalized spacial score (nSPS) is 11.0. The third-order valence-electron chi connectivity index (χ3n) is 4.90. The molecule has 3 nitrogen and oxygen atoms in total. The third-order valence-corrected chi connectivity index (χ3v) is 4.90. The van der Waals surface area contributed by atoms with Crippen LogP contribution < -0.4 is 5.32 Å². The van der Waals surface area contributed by atoms with E-state index in [9.17, 15) is 4.79 Å². The van der Waals surface area contributed by atoms with E-state index in [4.69, 9.17) is 0 Å². The summed E-state index contributed by atoms with van der Waals surface area (Å²) in [5.74, 6) is 0. The Hall–Kier alpha value is -3.07. The van der Waals surface area contributed by atoms with E-state index in [1.54, 1.807) is 7.05 Å². The van der Waals surface area contributed by atoms with Crippen LogP contribution in [0.2, 0.25) is 0 Å². The summed E-state index contributed by atoms with van der Waals surface area (Å²) in [6, 6.07) is 30.7. The summed E-state index contributed by atoms with van der Waals surface area (Å²) < 4.78 is 0. The number of carbonyl (C=O) groups is 1. The fourth-order valence-electron chi connectivity index (χ4n) is 3.54. The second-order valence-corrected chi connectivity index (χ2v) is 6.37.